The lowest BCUT2D eigenvalue weighted by molar-refractivity contribution is 1.32. The van der Waals surface area contributed by atoms with Crippen LogP contribution in [0.2, 0.25) is 0 Å². The number of amidine groups is 2. The number of nitrogens with one attached hydrogen (secondary N) is 1. The fourth-order valence-electron chi connectivity index (χ4n) is 2.47. The third-order valence-electron chi connectivity index (χ3n) is 3.74. The smallest absolute Gasteiger partial charge is 0.216 e. The van der Waals surface area contributed by atoms with Gasteiger partial charge in [0.05, 0.1) is 22.9 Å². The molecule has 0 aliphatic carbocycles. The number of thioether (sulfide) groups is 2. The van der Waals surface area contributed by atoms with Crippen LogP contribution < -0.4 is 22.5 Å². The number of rotatable bonds is 0. The number of hydrogen-bond acceptors (Lipinski definition) is 5. The maximum absolute atomic E-state index is 5.54. The van der Waals surface area contributed by atoms with Crippen LogP contribution in [0.25, 0.3) is 0 Å². The van der Waals surface area contributed by atoms with Gasteiger partial charge >= 0.3 is 0 Å². The number of guanidine groups is 2. The van der Waals surface area contributed by atoms with Crippen molar-refractivity contribution < 1.29 is 0 Å². The molecule has 8 nitrogen and oxygen atoms in total. The minimum Gasteiger partial charge on any atom is -0.370 e. The van der Waals surface area contributed by atoms with Crippen molar-refractivity contribution in [2.24, 2.45) is 37.2 Å². The zero-order valence-electron chi connectivity index (χ0n) is 15.9. The molecule has 2 aliphatic heterocycles. The molecule has 2 aliphatic rings. The summed E-state index contributed by atoms with van der Waals surface area (Å²) < 4.78 is 0. The molecule has 0 spiro atoms. The van der Waals surface area contributed by atoms with Crippen LogP contribution in [-0.4, -0.2) is 42.1 Å². The van der Waals surface area contributed by atoms with E-state index in [-0.39, 0.29) is 5.96 Å². The molecule has 0 aromatic heterocycles. The molecule has 0 amide bonds. The molecule has 2 aromatic rings. The number of para-hydroxylation sites is 2. The second-order valence-electron chi connectivity index (χ2n) is 5.87. The van der Waals surface area contributed by atoms with Gasteiger partial charge in [0.15, 0.2) is 5.96 Å². The highest BCUT2D eigenvalue weighted by molar-refractivity contribution is 8.00. The fourth-order valence-corrected chi connectivity index (χ4v) is 4.20. The first-order valence-corrected chi connectivity index (χ1v) is 10.7. The van der Waals surface area contributed by atoms with Gasteiger partial charge in [-0.05, 0) is 24.3 Å². The highest BCUT2D eigenvalue weighted by Crippen LogP contribution is 2.33. The summed E-state index contributed by atoms with van der Waals surface area (Å²) >= 11 is 3.44. The summed E-state index contributed by atoms with van der Waals surface area (Å²) in [6.07, 6.45) is 0. The quantitative estimate of drug-likeness (QED) is 0.377. The van der Waals surface area contributed by atoms with Gasteiger partial charge in [-0.3, -0.25) is 4.99 Å². The van der Waals surface area contributed by atoms with Crippen LogP contribution in [0, 0.1) is 0 Å². The standard InChI is InChI=1S/C10H12N4S.C9H10N4S/c1-12-10(11)14-9-6-15-8-5-3-2-4-7(8)13-9;10-9(11)13-8-5-14-7-4-2-1-3-6(7)12-8/h2-5H,6H2,1H3,(H3,11,12,13,14);1-4H,5H2,(H4,10,11,12,13). The molecule has 150 valence electrons. The minimum atomic E-state index is 0.0590. The number of fused-ring (bicyclic) bond motifs is 2. The summed E-state index contributed by atoms with van der Waals surface area (Å²) in [6, 6.07) is 16.1. The number of anilines is 1. The van der Waals surface area contributed by atoms with Gasteiger partial charge < -0.3 is 22.5 Å². The Morgan fingerprint density at radius 1 is 0.966 bits per heavy atom. The van der Waals surface area contributed by atoms with Gasteiger partial charge in [-0.25, -0.2) is 4.99 Å². The first-order valence-electron chi connectivity index (χ1n) is 8.73. The number of nitrogens with zero attached hydrogens (tertiary/aromatic N) is 4. The average Bonchev–Trinajstić information content (AvgIpc) is 2.73. The third kappa shape index (κ3) is 6.00. The predicted molar refractivity (Wildman–Crippen MR) is 126 cm³/mol. The van der Waals surface area contributed by atoms with Gasteiger partial charge in [-0.2, -0.15) is 9.98 Å². The van der Waals surface area contributed by atoms with E-state index in [1.165, 1.54) is 9.79 Å². The van der Waals surface area contributed by atoms with Crippen molar-refractivity contribution in [1.29, 1.82) is 0 Å². The van der Waals surface area contributed by atoms with Crippen LogP contribution in [0.1, 0.15) is 0 Å². The van der Waals surface area contributed by atoms with Crippen LogP contribution in [0.4, 0.5) is 11.4 Å². The van der Waals surface area contributed by atoms with Crippen LogP contribution in [-0.2, 0) is 0 Å². The first kappa shape index (κ1) is 20.7. The lowest BCUT2D eigenvalue weighted by Crippen LogP contribution is -2.25. The van der Waals surface area contributed by atoms with Crippen molar-refractivity contribution in [3.05, 3.63) is 48.5 Å². The van der Waals surface area contributed by atoms with E-state index >= 15 is 0 Å². The monoisotopic (exact) mass is 426 g/mol. The van der Waals surface area contributed by atoms with Crippen LogP contribution in [0.3, 0.4) is 0 Å². The summed E-state index contributed by atoms with van der Waals surface area (Å²) in [4.78, 5) is 18.6. The minimum absolute atomic E-state index is 0.0590. The second kappa shape index (κ2) is 9.99. The van der Waals surface area contributed by atoms with Crippen LogP contribution in [0.15, 0.2) is 78.3 Å². The van der Waals surface area contributed by atoms with Crippen molar-refractivity contribution >= 4 is 58.5 Å². The SMILES string of the molecule is CN=C(N)N=C1CSc2ccccc2N1.NC(N)=NC1=Nc2ccccc2SC1. The van der Waals surface area contributed by atoms with E-state index in [0.717, 1.165) is 28.7 Å². The van der Waals surface area contributed by atoms with E-state index in [1.807, 2.05) is 42.5 Å². The molecule has 0 saturated heterocycles. The Morgan fingerprint density at radius 3 is 2.41 bits per heavy atom. The predicted octanol–water partition coefficient (Wildman–Crippen LogP) is 2.64. The lowest BCUT2D eigenvalue weighted by Gasteiger charge is -2.18. The Morgan fingerprint density at radius 2 is 1.66 bits per heavy atom. The second-order valence-corrected chi connectivity index (χ2v) is 7.91. The largest absolute Gasteiger partial charge is 0.370 e. The Balaban J connectivity index is 0.000000166. The van der Waals surface area contributed by atoms with Crippen molar-refractivity contribution in [2.45, 2.75) is 9.79 Å². The molecule has 4 rings (SSSR count). The summed E-state index contributed by atoms with van der Waals surface area (Å²) in [5, 5.41) is 3.23. The maximum Gasteiger partial charge on any atom is 0.216 e. The van der Waals surface area contributed by atoms with Gasteiger partial charge in [-0.1, -0.05) is 24.3 Å². The summed E-state index contributed by atoms with van der Waals surface area (Å²) in [7, 11) is 1.63. The average molecular weight is 427 g/mol. The highest BCUT2D eigenvalue weighted by Gasteiger charge is 2.13. The summed E-state index contributed by atoms with van der Waals surface area (Å²) in [6.45, 7) is 0. The van der Waals surface area contributed by atoms with Gasteiger partial charge in [0, 0.05) is 16.8 Å². The molecule has 0 unspecified atom stereocenters. The molecule has 0 atom stereocenters. The molecule has 2 aromatic carbocycles. The van der Waals surface area contributed by atoms with Crippen molar-refractivity contribution in [3.63, 3.8) is 0 Å². The molecule has 29 heavy (non-hydrogen) atoms. The summed E-state index contributed by atoms with van der Waals surface area (Å²) in [5.41, 5.74) is 18.1. The topological polar surface area (TPSA) is 140 Å². The highest BCUT2D eigenvalue weighted by atomic mass is 32.2. The Kier molecular flexibility index (Phi) is 7.14. The number of benzene rings is 2. The number of aliphatic imine (C=N–C) groups is 4. The van der Waals surface area contributed by atoms with E-state index in [2.05, 4.69) is 31.4 Å². The van der Waals surface area contributed by atoms with Gasteiger partial charge in [0.1, 0.15) is 11.7 Å². The first-order chi connectivity index (χ1) is 14.0. The molecule has 7 N–H and O–H groups in total. The molecular weight excluding hydrogens is 404 g/mol. The number of hydrogen-bond donors (Lipinski definition) is 4. The summed E-state index contributed by atoms with van der Waals surface area (Å²) in [5.74, 6) is 3.40. The van der Waals surface area contributed by atoms with Crippen molar-refractivity contribution in [3.8, 4) is 0 Å². The molecule has 0 bridgehead atoms. The normalized spacial score (nSPS) is 16.4. The van der Waals surface area contributed by atoms with Gasteiger partial charge in [0.2, 0.25) is 5.96 Å². The van der Waals surface area contributed by atoms with Crippen LogP contribution in [0.5, 0.6) is 0 Å². The van der Waals surface area contributed by atoms with E-state index in [1.54, 1.807) is 30.6 Å². The molecule has 0 fully saturated rings. The Bertz CT molecular complexity index is 993. The van der Waals surface area contributed by atoms with Gasteiger partial charge in [-0.15, -0.1) is 23.5 Å². The lowest BCUT2D eigenvalue weighted by atomic mass is 10.3. The Hall–Kier alpha value is -2.98. The van der Waals surface area contributed by atoms with E-state index in [0.29, 0.717) is 11.8 Å². The molecule has 0 radical (unpaired) electrons. The number of nitrogens with two attached hydrogens (primary N) is 3. The zero-order valence-corrected chi connectivity index (χ0v) is 17.5. The van der Waals surface area contributed by atoms with Crippen molar-refractivity contribution in [1.82, 2.24) is 0 Å². The maximum atomic E-state index is 5.54. The van der Waals surface area contributed by atoms with E-state index in [4.69, 9.17) is 17.2 Å². The van der Waals surface area contributed by atoms with Crippen molar-refractivity contribution in [2.75, 3.05) is 23.9 Å². The molecular formula is C19H22N8S2. The van der Waals surface area contributed by atoms with Gasteiger partial charge in [0.25, 0.3) is 0 Å². The molecule has 0 saturated carbocycles. The Labute approximate surface area is 177 Å². The van der Waals surface area contributed by atoms with E-state index in [9.17, 15) is 0 Å². The fraction of sp³-hybridized carbons (Fsp3) is 0.158. The third-order valence-corrected chi connectivity index (χ3v) is 5.88. The zero-order chi connectivity index (χ0) is 20.6. The molecule has 2 heterocycles. The van der Waals surface area contributed by atoms with Crippen LogP contribution >= 0.6 is 23.5 Å². The molecule has 10 heteroatoms. The van der Waals surface area contributed by atoms with E-state index < -0.39 is 0 Å².